The van der Waals surface area contributed by atoms with E-state index in [0.29, 0.717) is 5.92 Å². The van der Waals surface area contributed by atoms with Crippen molar-refractivity contribution >= 4 is 0 Å². The van der Waals surface area contributed by atoms with Gasteiger partial charge < -0.3 is 4.90 Å². The summed E-state index contributed by atoms with van der Waals surface area (Å²) in [6.07, 6.45) is 0. The van der Waals surface area contributed by atoms with Gasteiger partial charge in [-0.1, -0.05) is 26.0 Å². The molecule has 2 atom stereocenters. The highest BCUT2D eigenvalue weighted by atomic mass is 15.1. The standard InChI is InChI=1S/C17H26N2/c1-11(2)16(10-18)17(19(6)7)15-9-13(4)12(3)8-14(15)5/h8-9,11,16-17H,1-7H3. The number of hydrogen-bond acceptors (Lipinski definition) is 2. The van der Waals surface area contributed by atoms with Crippen molar-refractivity contribution in [3.05, 3.63) is 34.4 Å². The first kappa shape index (κ1) is 15.7. The van der Waals surface area contributed by atoms with Gasteiger partial charge in [-0.15, -0.1) is 0 Å². The minimum absolute atomic E-state index is 0.0100. The first-order valence-corrected chi connectivity index (χ1v) is 6.93. The summed E-state index contributed by atoms with van der Waals surface area (Å²) in [4.78, 5) is 2.17. The molecule has 0 aliphatic rings. The zero-order valence-corrected chi connectivity index (χ0v) is 13.3. The molecule has 2 nitrogen and oxygen atoms in total. The Labute approximate surface area is 118 Å². The van der Waals surface area contributed by atoms with Gasteiger partial charge in [0, 0.05) is 0 Å². The van der Waals surface area contributed by atoms with Gasteiger partial charge in [-0.2, -0.15) is 5.26 Å². The fourth-order valence-corrected chi connectivity index (χ4v) is 2.68. The van der Waals surface area contributed by atoms with Gasteiger partial charge in [0.05, 0.1) is 18.0 Å². The van der Waals surface area contributed by atoms with Crippen molar-refractivity contribution in [2.24, 2.45) is 11.8 Å². The molecule has 0 amide bonds. The third-order valence-corrected chi connectivity index (χ3v) is 3.96. The van der Waals surface area contributed by atoms with E-state index in [2.05, 4.69) is 71.8 Å². The zero-order chi connectivity index (χ0) is 14.7. The summed E-state index contributed by atoms with van der Waals surface area (Å²) in [5.41, 5.74) is 5.18. The molecule has 0 heterocycles. The maximum absolute atomic E-state index is 9.52. The number of benzene rings is 1. The van der Waals surface area contributed by atoms with Crippen LogP contribution in [0.2, 0.25) is 0 Å². The summed E-state index contributed by atoms with van der Waals surface area (Å²) in [7, 11) is 4.12. The fraction of sp³-hybridized carbons (Fsp3) is 0.588. The first-order valence-electron chi connectivity index (χ1n) is 6.93. The second-order valence-electron chi connectivity index (χ2n) is 6.10. The highest BCUT2D eigenvalue weighted by Gasteiger charge is 2.29. The lowest BCUT2D eigenvalue weighted by molar-refractivity contribution is 0.209. The molecular formula is C17H26N2. The number of nitriles is 1. The molecule has 104 valence electrons. The van der Waals surface area contributed by atoms with Gasteiger partial charge in [-0.25, -0.2) is 0 Å². The van der Waals surface area contributed by atoms with Gasteiger partial charge in [0.25, 0.3) is 0 Å². The van der Waals surface area contributed by atoms with Crippen LogP contribution in [0.4, 0.5) is 0 Å². The highest BCUT2D eigenvalue weighted by Crippen LogP contribution is 2.34. The topological polar surface area (TPSA) is 27.0 Å². The summed E-state index contributed by atoms with van der Waals surface area (Å²) >= 11 is 0. The van der Waals surface area contributed by atoms with E-state index in [1.165, 1.54) is 22.3 Å². The molecule has 2 heteroatoms. The van der Waals surface area contributed by atoms with Crippen molar-refractivity contribution < 1.29 is 0 Å². The lowest BCUT2D eigenvalue weighted by Gasteiger charge is -2.32. The van der Waals surface area contributed by atoms with Crippen molar-refractivity contribution in [3.63, 3.8) is 0 Å². The summed E-state index contributed by atoms with van der Waals surface area (Å²) in [6, 6.07) is 7.14. The number of hydrogen-bond donors (Lipinski definition) is 0. The minimum Gasteiger partial charge on any atom is -0.301 e. The molecule has 0 saturated heterocycles. The van der Waals surface area contributed by atoms with E-state index < -0.39 is 0 Å². The number of rotatable bonds is 4. The molecule has 0 aliphatic carbocycles. The van der Waals surface area contributed by atoms with Crippen LogP contribution in [0.15, 0.2) is 12.1 Å². The van der Waals surface area contributed by atoms with Gasteiger partial charge in [0.2, 0.25) is 0 Å². The normalized spacial score (nSPS) is 14.5. The molecule has 0 aliphatic heterocycles. The van der Waals surface area contributed by atoms with Gasteiger partial charge in [0.15, 0.2) is 0 Å². The van der Waals surface area contributed by atoms with Crippen LogP contribution in [0.3, 0.4) is 0 Å². The third-order valence-electron chi connectivity index (χ3n) is 3.96. The SMILES string of the molecule is Cc1cc(C)c(C(C(C#N)C(C)C)N(C)C)cc1C. The van der Waals surface area contributed by atoms with Crippen molar-refractivity contribution in [1.82, 2.24) is 4.90 Å². The Morgan fingerprint density at radius 3 is 1.95 bits per heavy atom. The highest BCUT2D eigenvalue weighted by molar-refractivity contribution is 5.39. The second-order valence-corrected chi connectivity index (χ2v) is 6.10. The number of aryl methyl sites for hydroxylation is 3. The van der Waals surface area contributed by atoms with Crippen LogP contribution in [-0.2, 0) is 0 Å². The largest absolute Gasteiger partial charge is 0.301 e. The van der Waals surface area contributed by atoms with Crippen LogP contribution in [0.25, 0.3) is 0 Å². The summed E-state index contributed by atoms with van der Waals surface area (Å²) in [5, 5.41) is 9.52. The Balaban J connectivity index is 3.36. The molecule has 19 heavy (non-hydrogen) atoms. The van der Waals surface area contributed by atoms with E-state index in [9.17, 15) is 5.26 Å². The Hall–Kier alpha value is -1.33. The molecule has 0 fully saturated rings. The lowest BCUT2D eigenvalue weighted by Crippen LogP contribution is -2.30. The zero-order valence-electron chi connectivity index (χ0n) is 13.3. The molecule has 0 N–H and O–H groups in total. The summed E-state index contributed by atoms with van der Waals surface area (Å²) in [6.45, 7) is 10.7. The van der Waals surface area contributed by atoms with E-state index in [4.69, 9.17) is 0 Å². The van der Waals surface area contributed by atoms with Gasteiger partial charge >= 0.3 is 0 Å². The Morgan fingerprint density at radius 1 is 1.00 bits per heavy atom. The molecule has 1 rings (SSSR count). The predicted molar refractivity (Wildman–Crippen MR) is 81.0 cm³/mol. The summed E-state index contributed by atoms with van der Waals surface area (Å²) < 4.78 is 0. The molecule has 1 aromatic carbocycles. The van der Waals surface area contributed by atoms with Crippen LogP contribution in [-0.4, -0.2) is 19.0 Å². The van der Waals surface area contributed by atoms with Crippen LogP contribution in [0, 0.1) is 43.9 Å². The van der Waals surface area contributed by atoms with E-state index in [0.717, 1.165) is 0 Å². The molecule has 0 spiro atoms. The number of nitrogens with zero attached hydrogens (tertiary/aromatic N) is 2. The van der Waals surface area contributed by atoms with Gasteiger partial charge in [-0.3, -0.25) is 0 Å². The van der Waals surface area contributed by atoms with E-state index in [-0.39, 0.29) is 12.0 Å². The predicted octanol–water partition coefficient (Wildman–Crippen LogP) is 4.01. The van der Waals surface area contributed by atoms with E-state index in [1.807, 2.05) is 0 Å². The van der Waals surface area contributed by atoms with E-state index in [1.54, 1.807) is 0 Å². The maximum Gasteiger partial charge on any atom is 0.0683 e. The van der Waals surface area contributed by atoms with Crippen LogP contribution in [0.5, 0.6) is 0 Å². The van der Waals surface area contributed by atoms with Gasteiger partial charge in [0.1, 0.15) is 0 Å². The fourth-order valence-electron chi connectivity index (χ4n) is 2.68. The van der Waals surface area contributed by atoms with Gasteiger partial charge in [-0.05, 0) is 63.0 Å². The summed E-state index contributed by atoms with van der Waals surface area (Å²) in [5.74, 6) is 0.356. The quantitative estimate of drug-likeness (QED) is 0.816. The Bertz CT molecular complexity index is 481. The lowest BCUT2D eigenvalue weighted by atomic mass is 9.82. The van der Waals surface area contributed by atoms with Crippen molar-refractivity contribution in [1.29, 1.82) is 5.26 Å². The molecule has 1 aromatic rings. The maximum atomic E-state index is 9.52. The second kappa shape index (κ2) is 6.21. The molecule has 0 bridgehead atoms. The molecule has 0 aromatic heterocycles. The average Bonchev–Trinajstić information content (AvgIpc) is 2.30. The molecule has 0 radical (unpaired) electrons. The average molecular weight is 258 g/mol. The third kappa shape index (κ3) is 3.36. The van der Waals surface area contributed by atoms with Crippen molar-refractivity contribution in [2.45, 2.75) is 40.7 Å². The van der Waals surface area contributed by atoms with Crippen LogP contribution < -0.4 is 0 Å². The van der Waals surface area contributed by atoms with Crippen molar-refractivity contribution in [3.8, 4) is 6.07 Å². The Morgan fingerprint density at radius 2 is 1.53 bits per heavy atom. The molecule has 0 saturated carbocycles. The van der Waals surface area contributed by atoms with Crippen LogP contribution in [0.1, 0.15) is 42.1 Å². The molecular weight excluding hydrogens is 232 g/mol. The molecule has 2 unspecified atom stereocenters. The first-order chi connectivity index (χ1) is 8.79. The Kier molecular flexibility index (Phi) is 5.14. The smallest absolute Gasteiger partial charge is 0.0683 e. The van der Waals surface area contributed by atoms with E-state index >= 15 is 0 Å². The minimum atomic E-state index is 0.0100. The van der Waals surface area contributed by atoms with Crippen molar-refractivity contribution in [2.75, 3.05) is 14.1 Å². The van der Waals surface area contributed by atoms with Crippen LogP contribution >= 0.6 is 0 Å². The monoisotopic (exact) mass is 258 g/mol.